The van der Waals surface area contributed by atoms with E-state index in [2.05, 4.69) is 0 Å². The highest BCUT2D eigenvalue weighted by molar-refractivity contribution is 5.93. The van der Waals surface area contributed by atoms with Crippen molar-refractivity contribution in [2.24, 2.45) is 10.8 Å². The first-order valence-electron chi connectivity index (χ1n) is 5.96. The van der Waals surface area contributed by atoms with Crippen molar-refractivity contribution in [2.75, 3.05) is 0 Å². The summed E-state index contributed by atoms with van der Waals surface area (Å²) in [5.74, 6) is 0.0787. The summed E-state index contributed by atoms with van der Waals surface area (Å²) in [5.41, 5.74) is -1.43. The summed E-state index contributed by atoms with van der Waals surface area (Å²) < 4.78 is 0. The topological polar surface area (TPSA) is 35.5 Å². The van der Waals surface area contributed by atoms with Gasteiger partial charge in [-0.3, -0.25) is 4.79 Å². The Labute approximate surface area is 98.4 Å². The molecule has 0 bridgehead atoms. The van der Waals surface area contributed by atoms with Gasteiger partial charge in [-0.25, -0.2) is 9.78 Å². The molecule has 3 heteroatoms. The Balaban J connectivity index is 3.25. The van der Waals surface area contributed by atoms with Crippen LogP contribution < -0.4 is 0 Å². The lowest BCUT2D eigenvalue weighted by Crippen LogP contribution is -2.58. The first-order valence-corrected chi connectivity index (χ1v) is 5.96. The standard InChI is InChI=1S/C13H24O3/c1-8-9-10(14)13(16-15-9,11(2,3)4)12(5,6)7/h9H,8H2,1-7H3. The van der Waals surface area contributed by atoms with E-state index in [4.69, 9.17) is 9.78 Å². The van der Waals surface area contributed by atoms with Crippen LogP contribution in [-0.2, 0) is 14.6 Å². The molecule has 1 atom stereocenters. The van der Waals surface area contributed by atoms with Gasteiger partial charge in [-0.2, -0.15) is 0 Å². The molecule has 0 spiro atoms. The van der Waals surface area contributed by atoms with Crippen LogP contribution in [0.5, 0.6) is 0 Å². The highest BCUT2D eigenvalue weighted by Crippen LogP contribution is 2.51. The van der Waals surface area contributed by atoms with Crippen LogP contribution in [0.25, 0.3) is 0 Å². The average molecular weight is 228 g/mol. The van der Waals surface area contributed by atoms with Gasteiger partial charge in [0.1, 0.15) is 0 Å². The molecule has 1 heterocycles. The SMILES string of the molecule is CCC1OOC(C(C)(C)C)(C(C)(C)C)C1=O. The monoisotopic (exact) mass is 228 g/mol. The fourth-order valence-corrected chi connectivity index (χ4v) is 2.81. The Bertz CT molecular complexity index is 267. The van der Waals surface area contributed by atoms with Gasteiger partial charge in [-0.15, -0.1) is 0 Å². The first-order chi connectivity index (χ1) is 7.08. The quantitative estimate of drug-likeness (QED) is 0.647. The molecule has 0 amide bonds. The molecule has 1 rings (SSSR count). The van der Waals surface area contributed by atoms with E-state index in [1.54, 1.807) is 0 Å². The van der Waals surface area contributed by atoms with E-state index < -0.39 is 11.7 Å². The second kappa shape index (κ2) is 3.81. The predicted octanol–water partition coefficient (Wildman–Crippen LogP) is 3.13. The second-order valence-electron chi connectivity index (χ2n) is 6.62. The second-order valence-corrected chi connectivity index (χ2v) is 6.62. The van der Waals surface area contributed by atoms with Crippen LogP contribution in [0.1, 0.15) is 54.9 Å². The zero-order valence-electron chi connectivity index (χ0n) is 11.5. The summed E-state index contributed by atoms with van der Waals surface area (Å²) >= 11 is 0. The molecular weight excluding hydrogens is 204 g/mol. The molecule has 0 saturated carbocycles. The van der Waals surface area contributed by atoms with Crippen LogP contribution in [0, 0.1) is 10.8 Å². The highest BCUT2D eigenvalue weighted by Gasteiger charge is 2.64. The van der Waals surface area contributed by atoms with E-state index >= 15 is 0 Å². The van der Waals surface area contributed by atoms with E-state index in [9.17, 15) is 4.79 Å². The van der Waals surface area contributed by atoms with Gasteiger partial charge >= 0.3 is 0 Å². The Kier molecular flexibility index (Phi) is 3.25. The molecular formula is C13H24O3. The molecule has 1 aliphatic rings. The van der Waals surface area contributed by atoms with Crippen LogP contribution in [0.3, 0.4) is 0 Å². The summed E-state index contributed by atoms with van der Waals surface area (Å²) in [4.78, 5) is 23.3. The third-order valence-corrected chi connectivity index (χ3v) is 3.41. The highest BCUT2D eigenvalue weighted by atomic mass is 17.2. The van der Waals surface area contributed by atoms with Crippen LogP contribution in [0.2, 0.25) is 0 Å². The zero-order chi connectivity index (χ0) is 12.8. The minimum absolute atomic E-state index is 0.0787. The maximum absolute atomic E-state index is 12.5. The van der Waals surface area contributed by atoms with E-state index in [1.807, 2.05) is 48.5 Å². The summed E-state index contributed by atoms with van der Waals surface area (Å²) in [6.07, 6.45) is 0.241. The first kappa shape index (κ1) is 13.7. The normalized spacial score (nSPS) is 26.2. The number of carbonyl (C=O) groups is 1. The van der Waals surface area contributed by atoms with Gasteiger partial charge in [0.05, 0.1) is 0 Å². The summed E-state index contributed by atoms with van der Waals surface area (Å²) in [6.45, 7) is 14.1. The molecule has 0 radical (unpaired) electrons. The minimum atomic E-state index is -0.860. The average Bonchev–Trinajstić information content (AvgIpc) is 2.40. The van der Waals surface area contributed by atoms with Crippen molar-refractivity contribution in [3.8, 4) is 0 Å². The zero-order valence-corrected chi connectivity index (χ0v) is 11.5. The fraction of sp³-hybridized carbons (Fsp3) is 0.923. The number of hydrogen-bond donors (Lipinski definition) is 0. The Morgan fingerprint density at radius 3 is 1.75 bits per heavy atom. The third-order valence-electron chi connectivity index (χ3n) is 3.41. The molecule has 94 valence electrons. The molecule has 16 heavy (non-hydrogen) atoms. The van der Waals surface area contributed by atoms with E-state index in [-0.39, 0.29) is 16.6 Å². The number of carbonyl (C=O) groups excluding carboxylic acids is 1. The van der Waals surface area contributed by atoms with Crippen molar-refractivity contribution in [1.82, 2.24) is 0 Å². The van der Waals surface area contributed by atoms with Gasteiger partial charge < -0.3 is 0 Å². The lowest BCUT2D eigenvalue weighted by molar-refractivity contribution is -0.363. The fourth-order valence-electron chi connectivity index (χ4n) is 2.81. The van der Waals surface area contributed by atoms with Gasteiger partial charge in [0.2, 0.25) is 5.78 Å². The van der Waals surface area contributed by atoms with Gasteiger partial charge in [0.15, 0.2) is 11.7 Å². The molecule has 0 aliphatic carbocycles. The van der Waals surface area contributed by atoms with Gasteiger partial charge in [0.25, 0.3) is 0 Å². The van der Waals surface area contributed by atoms with Crippen molar-refractivity contribution in [3.05, 3.63) is 0 Å². The van der Waals surface area contributed by atoms with Crippen molar-refractivity contribution >= 4 is 5.78 Å². The molecule has 1 aliphatic heterocycles. The van der Waals surface area contributed by atoms with E-state index in [0.717, 1.165) is 0 Å². The molecule has 0 aromatic heterocycles. The molecule has 1 unspecified atom stereocenters. The Morgan fingerprint density at radius 1 is 1.12 bits per heavy atom. The molecule has 0 N–H and O–H groups in total. The van der Waals surface area contributed by atoms with Crippen molar-refractivity contribution < 1.29 is 14.6 Å². The van der Waals surface area contributed by atoms with Crippen LogP contribution in [0.4, 0.5) is 0 Å². The van der Waals surface area contributed by atoms with Crippen molar-refractivity contribution in [2.45, 2.75) is 66.6 Å². The molecule has 1 fully saturated rings. The number of hydrogen-bond acceptors (Lipinski definition) is 3. The molecule has 3 nitrogen and oxygen atoms in total. The summed E-state index contributed by atoms with van der Waals surface area (Å²) in [6, 6.07) is 0. The van der Waals surface area contributed by atoms with Gasteiger partial charge in [-0.05, 0) is 6.42 Å². The lowest BCUT2D eigenvalue weighted by Gasteiger charge is -2.46. The van der Waals surface area contributed by atoms with Crippen molar-refractivity contribution in [3.63, 3.8) is 0 Å². The van der Waals surface area contributed by atoms with Gasteiger partial charge in [-0.1, -0.05) is 48.5 Å². The summed E-state index contributed by atoms with van der Waals surface area (Å²) in [7, 11) is 0. The van der Waals surface area contributed by atoms with Crippen LogP contribution in [0.15, 0.2) is 0 Å². The molecule has 0 aromatic carbocycles. The molecule has 1 saturated heterocycles. The van der Waals surface area contributed by atoms with Gasteiger partial charge in [0, 0.05) is 10.8 Å². The number of ketones is 1. The maximum atomic E-state index is 12.5. The summed E-state index contributed by atoms with van der Waals surface area (Å²) in [5, 5.41) is 0. The van der Waals surface area contributed by atoms with E-state index in [0.29, 0.717) is 6.42 Å². The molecule has 0 aromatic rings. The number of Topliss-reactive ketones (excluding diaryl/α,β-unsaturated/α-hetero) is 1. The van der Waals surface area contributed by atoms with Crippen molar-refractivity contribution in [1.29, 1.82) is 0 Å². The van der Waals surface area contributed by atoms with Crippen LogP contribution >= 0.6 is 0 Å². The Hall–Kier alpha value is -0.410. The predicted molar refractivity (Wildman–Crippen MR) is 62.9 cm³/mol. The lowest BCUT2D eigenvalue weighted by atomic mass is 9.60. The maximum Gasteiger partial charge on any atom is 0.200 e. The van der Waals surface area contributed by atoms with E-state index in [1.165, 1.54) is 0 Å². The van der Waals surface area contributed by atoms with Crippen LogP contribution in [-0.4, -0.2) is 17.5 Å². The largest absolute Gasteiger partial charge is 0.293 e. The minimum Gasteiger partial charge on any atom is -0.293 e. The third kappa shape index (κ3) is 1.70. The Morgan fingerprint density at radius 2 is 1.56 bits per heavy atom. The smallest absolute Gasteiger partial charge is 0.200 e. The number of rotatable bonds is 1.